The van der Waals surface area contributed by atoms with E-state index in [-0.39, 0.29) is 0 Å². The van der Waals surface area contributed by atoms with Gasteiger partial charge in [0.1, 0.15) is 5.52 Å². The van der Waals surface area contributed by atoms with Crippen molar-refractivity contribution in [3.63, 3.8) is 0 Å². The van der Waals surface area contributed by atoms with Crippen LogP contribution in [0.5, 0.6) is 0 Å². The minimum Gasteiger partial charge on any atom is -0.206 e. The highest BCUT2D eigenvalue weighted by Gasteiger charge is 2.11. The first-order chi connectivity index (χ1) is 6.09. The minimum atomic E-state index is -0.843. The molecule has 70 valence electrons. The van der Waals surface area contributed by atoms with Crippen LogP contribution in [-0.4, -0.2) is 33.2 Å². The lowest BCUT2D eigenvalue weighted by molar-refractivity contribution is 0.901. The molecule has 0 saturated carbocycles. The second-order valence-corrected chi connectivity index (χ2v) is 7.61. The number of fused-ring (bicyclic) bond motifs is 1. The first-order valence-electron chi connectivity index (χ1n) is 4.08. The topological polar surface area (TPSA) is 30.7 Å². The minimum absolute atomic E-state index is 0.843. The van der Waals surface area contributed by atoms with Crippen molar-refractivity contribution in [3.8, 4) is 0 Å². The monoisotopic (exact) mass is 195 g/mol. The van der Waals surface area contributed by atoms with Gasteiger partial charge in [-0.1, -0.05) is 17.3 Å². The van der Waals surface area contributed by atoms with Gasteiger partial charge in [0.15, 0.2) is 0 Å². The lowest BCUT2D eigenvalue weighted by atomic mass is 10.3. The maximum Gasteiger partial charge on any atom is 0.114 e. The summed E-state index contributed by atoms with van der Waals surface area (Å²) < 4.78 is 2.03. The van der Waals surface area contributed by atoms with Crippen LogP contribution in [-0.2, 0) is 0 Å². The van der Waals surface area contributed by atoms with Gasteiger partial charge in [0, 0.05) is 0 Å². The number of benzene rings is 1. The molecule has 0 N–H and O–H groups in total. The van der Waals surface area contributed by atoms with Gasteiger partial charge in [0.2, 0.25) is 0 Å². The molecule has 0 aliphatic heterocycles. The summed E-state index contributed by atoms with van der Waals surface area (Å²) in [6.07, 6.45) is 6.61. The van der Waals surface area contributed by atoms with Crippen molar-refractivity contribution in [1.82, 2.24) is 14.4 Å². The number of para-hydroxylation sites is 1. The summed E-state index contributed by atoms with van der Waals surface area (Å²) in [6.45, 7) is 0. The number of rotatable bonds is 1. The Bertz CT molecular complexity index is 428. The second-order valence-electron chi connectivity index (χ2n) is 3.72. The third-order valence-corrected chi connectivity index (χ3v) is 3.15. The van der Waals surface area contributed by atoms with E-state index >= 15 is 0 Å². The predicted octanol–water partition coefficient (Wildman–Crippen LogP) is 1.89. The van der Waals surface area contributed by atoms with E-state index in [4.69, 9.17) is 0 Å². The van der Waals surface area contributed by atoms with Crippen LogP contribution >= 0.6 is 10.2 Å². The van der Waals surface area contributed by atoms with E-state index in [0.29, 0.717) is 0 Å². The molecule has 0 spiro atoms. The van der Waals surface area contributed by atoms with Crippen molar-refractivity contribution >= 4 is 21.2 Å². The van der Waals surface area contributed by atoms with E-state index in [1.807, 2.05) is 22.3 Å². The Labute approximate surface area is 79.2 Å². The Morgan fingerprint density at radius 1 is 1.15 bits per heavy atom. The Kier molecular flexibility index (Phi) is 1.80. The van der Waals surface area contributed by atoms with E-state index in [1.54, 1.807) is 0 Å². The van der Waals surface area contributed by atoms with Crippen LogP contribution in [0.3, 0.4) is 0 Å². The summed E-state index contributed by atoms with van der Waals surface area (Å²) in [4.78, 5) is 0. The number of hydrogen-bond donors (Lipinski definition) is 0. The molecule has 1 aromatic carbocycles. The van der Waals surface area contributed by atoms with Crippen molar-refractivity contribution in [3.05, 3.63) is 24.3 Å². The fourth-order valence-electron chi connectivity index (χ4n) is 1.25. The van der Waals surface area contributed by atoms with Crippen molar-refractivity contribution in [2.24, 2.45) is 0 Å². The molecule has 0 radical (unpaired) electrons. The first kappa shape index (κ1) is 8.56. The largest absolute Gasteiger partial charge is 0.206 e. The molecule has 3 nitrogen and oxygen atoms in total. The highest BCUT2D eigenvalue weighted by molar-refractivity contribution is 8.30. The van der Waals surface area contributed by atoms with Crippen molar-refractivity contribution < 1.29 is 0 Å². The zero-order valence-electron chi connectivity index (χ0n) is 8.06. The van der Waals surface area contributed by atoms with Crippen molar-refractivity contribution in [2.75, 3.05) is 18.8 Å². The van der Waals surface area contributed by atoms with Gasteiger partial charge in [-0.15, -0.1) is 5.10 Å². The second kappa shape index (κ2) is 2.73. The molecular weight excluding hydrogens is 182 g/mol. The summed E-state index contributed by atoms with van der Waals surface area (Å²) in [5.74, 6) is 0. The third-order valence-electron chi connectivity index (χ3n) is 1.84. The van der Waals surface area contributed by atoms with Gasteiger partial charge in [0.05, 0.1) is 5.52 Å². The summed E-state index contributed by atoms with van der Waals surface area (Å²) in [5.41, 5.74) is 2.11. The fourth-order valence-corrected chi connectivity index (χ4v) is 2.25. The van der Waals surface area contributed by atoms with E-state index < -0.39 is 10.2 Å². The quantitative estimate of drug-likeness (QED) is 0.695. The smallest absolute Gasteiger partial charge is 0.114 e. The van der Waals surface area contributed by atoms with Crippen LogP contribution in [0.15, 0.2) is 24.3 Å². The SMILES string of the molecule is CS(C)(C)n1nnc2ccccc21. The molecule has 0 bridgehead atoms. The van der Waals surface area contributed by atoms with Crippen LogP contribution in [0.4, 0.5) is 0 Å². The zero-order valence-corrected chi connectivity index (χ0v) is 8.88. The predicted molar refractivity (Wildman–Crippen MR) is 58.3 cm³/mol. The molecule has 0 saturated heterocycles. The van der Waals surface area contributed by atoms with Gasteiger partial charge in [-0.3, -0.25) is 0 Å². The summed E-state index contributed by atoms with van der Waals surface area (Å²) >= 11 is 0. The molecule has 4 heteroatoms. The fraction of sp³-hybridized carbons (Fsp3) is 0.333. The Morgan fingerprint density at radius 2 is 1.85 bits per heavy atom. The van der Waals surface area contributed by atoms with Crippen LogP contribution < -0.4 is 0 Å². The number of hydrogen-bond acceptors (Lipinski definition) is 2. The van der Waals surface area contributed by atoms with Gasteiger partial charge in [-0.2, -0.15) is 10.2 Å². The Balaban J connectivity index is 2.72. The normalized spacial score (nSPS) is 13.5. The Morgan fingerprint density at radius 3 is 2.54 bits per heavy atom. The Hall–Kier alpha value is -1.03. The molecule has 13 heavy (non-hydrogen) atoms. The van der Waals surface area contributed by atoms with E-state index in [1.165, 1.54) is 0 Å². The van der Waals surface area contributed by atoms with Gasteiger partial charge in [-0.05, 0) is 30.9 Å². The maximum absolute atomic E-state index is 4.17. The molecule has 0 aliphatic carbocycles. The zero-order chi connectivity index (χ0) is 9.47. The number of nitrogens with zero attached hydrogens (tertiary/aromatic N) is 3. The summed E-state index contributed by atoms with van der Waals surface area (Å²) in [5, 5.41) is 8.29. The standard InChI is InChI=1S/C9H13N3S/c1-13(2,3)12-9-7-5-4-6-8(9)10-11-12/h4-7H,1-3H3. The van der Waals surface area contributed by atoms with Gasteiger partial charge >= 0.3 is 0 Å². The van der Waals surface area contributed by atoms with Crippen LogP contribution in [0.1, 0.15) is 0 Å². The molecular formula is C9H13N3S. The first-order valence-corrected chi connectivity index (χ1v) is 6.90. The number of aromatic nitrogens is 3. The van der Waals surface area contributed by atoms with E-state index in [0.717, 1.165) is 11.0 Å². The molecule has 2 rings (SSSR count). The van der Waals surface area contributed by atoms with E-state index in [9.17, 15) is 0 Å². The lowest BCUT2D eigenvalue weighted by Crippen LogP contribution is -2.06. The average molecular weight is 195 g/mol. The molecule has 0 unspecified atom stereocenters. The highest BCUT2D eigenvalue weighted by atomic mass is 32.3. The molecule has 0 aliphatic rings. The van der Waals surface area contributed by atoms with Crippen LogP contribution in [0.25, 0.3) is 11.0 Å². The van der Waals surface area contributed by atoms with Crippen molar-refractivity contribution in [2.45, 2.75) is 0 Å². The van der Waals surface area contributed by atoms with Crippen molar-refractivity contribution in [1.29, 1.82) is 0 Å². The third kappa shape index (κ3) is 1.42. The molecule has 0 amide bonds. The van der Waals surface area contributed by atoms with Crippen LogP contribution in [0, 0.1) is 0 Å². The van der Waals surface area contributed by atoms with Crippen LogP contribution in [0.2, 0.25) is 0 Å². The highest BCUT2D eigenvalue weighted by Crippen LogP contribution is 2.37. The molecule has 2 aromatic rings. The molecule has 1 heterocycles. The lowest BCUT2D eigenvalue weighted by Gasteiger charge is -2.25. The molecule has 0 atom stereocenters. The molecule has 1 aromatic heterocycles. The van der Waals surface area contributed by atoms with Gasteiger partial charge < -0.3 is 0 Å². The maximum atomic E-state index is 4.17. The molecule has 0 fully saturated rings. The van der Waals surface area contributed by atoms with Gasteiger partial charge in [0.25, 0.3) is 0 Å². The van der Waals surface area contributed by atoms with Gasteiger partial charge in [-0.25, -0.2) is 4.09 Å². The average Bonchev–Trinajstić information content (AvgIpc) is 2.45. The summed E-state index contributed by atoms with van der Waals surface area (Å²) in [6, 6.07) is 8.06. The summed E-state index contributed by atoms with van der Waals surface area (Å²) in [7, 11) is -0.843. The van der Waals surface area contributed by atoms with E-state index in [2.05, 4.69) is 35.1 Å².